The van der Waals surface area contributed by atoms with Gasteiger partial charge in [-0.05, 0) is 66.5 Å². The van der Waals surface area contributed by atoms with E-state index in [4.69, 9.17) is 12.2 Å². The smallest absolute Gasteiger partial charge is 0.250 e. The Morgan fingerprint density at radius 2 is 1.77 bits per heavy atom. The molecule has 0 bridgehead atoms. The van der Waals surface area contributed by atoms with Crippen molar-refractivity contribution >= 4 is 40.5 Å². The molecule has 1 unspecified atom stereocenters. The standard InChI is InChI=1S/C31H36N6O2S/c1-35(2)26-14-12-25(13-15-26)33-29(39)31(16-6-7-17-31)37(20-23-9-8-18-32-19-23)28(38)22-36-21-27(34-30(36)40)24-10-4-3-5-11-24/h3-5,8-15,18-19,27H,6-7,16-17,20-22H2,1-2H3,(H,33,39)(H,34,40). The van der Waals surface area contributed by atoms with Crippen LogP contribution < -0.4 is 15.5 Å². The number of nitrogens with zero attached hydrogens (tertiary/aromatic N) is 4. The lowest BCUT2D eigenvalue weighted by atomic mass is 9.92. The third-order valence-corrected chi connectivity index (χ3v) is 8.27. The SMILES string of the molecule is CN(C)c1ccc(NC(=O)C2(N(Cc3cccnc3)C(=O)CN3CC(c4ccccc4)NC3=S)CCCC2)cc1. The molecule has 1 saturated heterocycles. The Hall–Kier alpha value is -3.98. The van der Waals surface area contributed by atoms with Crippen LogP contribution in [-0.4, -0.2) is 64.4 Å². The number of aromatic nitrogens is 1. The van der Waals surface area contributed by atoms with Gasteiger partial charge in [-0.25, -0.2) is 0 Å². The summed E-state index contributed by atoms with van der Waals surface area (Å²) in [5, 5.41) is 7.03. The van der Waals surface area contributed by atoms with E-state index in [9.17, 15) is 9.59 Å². The molecule has 9 heteroatoms. The average molecular weight is 557 g/mol. The number of rotatable bonds is 9. The van der Waals surface area contributed by atoms with Crippen molar-refractivity contribution in [3.63, 3.8) is 0 Å². The second-order valence-corrected chi connectivity index (χ2v) is 11.2. The topological polar surface area (TPSA) is 80.8 Å². The van der Waals surface area contributed by atoms with Crippen LogP contribution in [0.5, 0.6) is 0 Å². The quantitative estimate of drug-likeness (QED) is 0.379. The Bertz CT molecular complexity index is 1330. The fourth-order valence-electron chi connectivity index (χ4n) is 5.67. The summed E-state index contributed by atoms with van der Waals surface area (Å²) in [6.45, 7) is 0.991. The van der Waals surface area contributed by atoms with Crippen molar-refractivity contribution in [3.8, 4) is 0 Å². The van der Waals surface area contributed by atoms with E-state index >= 15 is 0 Å². The first-order chi connectivity index (χ1) is 19.4. The third kappa shape index (κ3) is 5.94. The largest absolute Gasteiger partial charge is 0.378 e. The molecule has 2 aliphatic rings. The van der Waals surface area contributed by atoms with Crippen molar-refractivity contribution < 1.29 is 9.59 Å². The monoisotopic (exact) mass is 556 g/mol. The number of thiocarbonyl (C=S) groups is 1. The van der Waals surface area contributed by atoms with E-state index in [1.165, 1.54) is 0 Å². The number of amides is 2. The number of carbonyl (C=O) groups excluding carboxylic acids is 2. The van der Waals surface area contributed by atoms with Crippen molar-refractivity contribution in [1.82, 2.24) is 20.1 Å². The van der Waals surface area contributed by atoms with Gasteiger partial charge < -0.3 is 25.3 Å². The highest BCUT2D eigenvalue weighted by Gasteiger charge is 2.49. The number of anilines is 2. The van der Waals surface area contributed by atoms with Gasteiger partial charge in [0.05, 0.1) is 12.6 Å². The van der Waals surface area contributed by atoms with Crippen LogP contribution in [0.1, 0.15) is 42.9 Å². The molecule has 2 fully saturated rings. The van der Waals surface area contributed by atoms with Crippen molar-refractivity contribution in [3.05, 3.63) is 90.3 Å². The Labute approximate surface area is 241 Å². The highest BCUT2D eigenvalue weighted by molar-refractivity contribution is 7.80. The van der Waals surface area contributed by atoms with Crippen LogP contribution in [0.4, 0.5) is 11.4 Å². The molecule has 40 heavy (non-hydrogen) atoms. The summed E-state index contributed by atoms with van der Waals surface area (Å²) >= 11 is 5.63. The van der Waals surface area contributed by atoms with E-state index in [1.807, 2.05) is 78.5 Å². The Morgan fingerprint density at radius 1 is 1.05 bits per heavy atom. The van der Waals surface area contributed by atoms with Crippen molar-refractivity contribution in [2.45, 2.75) is 43.8 Å². The lowest BCUT2D eigenvalue weighted by Crippen LogP contribution is -2.59. The number of hydrogen-bond donors (Lipinski definition) is 2. The summed E-state index contributed by atoms with van der Waals surface area (Å²) in [7, 11) is 3.96. The van der Waals surface area contributed by atoms with Crippen molar-refractivity contribution in [2.24, 2.45) is 0 Å². The summed E-state index contributed by atoms with van der Waals surface area (Å²) in [6.07, 6.45) is 6.44. The van der Waals surface area contributed by atoms with Crippen LogP contribution in [0.3, 0.4) is 0 Å². The number of hydrogen-bond acceptors (Lipinski definition) is 5. The van der Waals surface area contributed by atoms with Crippen LogP contribution in [0.2, 0.25) is 0 Å². The summed E-state index contributed by atoms with van der Waals surface area (Å²) in [4.78, 5) is 38.2. The molecule has 1 saturated carbocycles. The third-order valence-electron chi connectivity index (χ3n) is 7.89. The van der Waals surface area contributed by atoms with Gasteiger partial charge in [-0.15, -0.1) is 0 Å². The van der Waals surface area contributed by atoms with Crippen LogP contribution in [-0.2, 0) is 16.1 Å². The zero-order valence-electron chi connectivity index (χ0n) is 23.0. The highest BCUT2D eigenvalue weighted by atomic mass is 32.1. The van der Waals surface area contributed by atoms with E-state index in [0.717, 1.165) is 29.7 Å². The minimum Gasteiger partial charge on any atom is -0.378 e. The van der Waals surface area contributed by atoms with Gasteiger partial charge in [0.15, 0.2) is 5.11 Å². The lowest BCUT2D eigenvalue weighted by molar-refractivity contribution is -0.146. The molecule has 2 heterocycles. The second kappa shape index (κ2) is 12.0. The van der Waals surface area contributed by atoms with Crippen molar-refractivity contribution in [1.29, 1.82) is 0 Å². The van der Waals surface area contributed by atoms with E-state index in [1.54, 1.807) is 17.3 Å². The zero-order chi connectivity index (χ0) is 28.1. The molecule has 2 N–H and O–H groups in total. The molecule has 1 atom stereocenters. The molecule has 3 aromatic rings. The van der Waals surface area contributed by atoms with Crippen LogP contribution in [0.25, 0.3) is 0 Å². The summed E-state index contributed by atoms with van der Waals surface area (Å²) in [5.74, 6) is -0.272. The molecule has 1 aliphatic heterocycles. The first-order valence-electron chi connectivity index (χ1n) is 13.7. The van der Waals surface area contributed by atoms with E-state index in [-0.39, 0.29) is 24.4 Å². The number of benzene rings is 2. The summed E-state index contributed by atoms with van der Waals surface area (Å²) < 4.78 is 0. The van der Waals surface area contributed by atoms with Gasteiger partial charge in [-0.3, -0.25) is 14.6 Å². The maximum absolute atomic E-state index is 14.2. The maximum Gasteiger partial charge on any atom is 0.250 e. The molecular formula is C31H36N6O2S. The average Bonchev–Trinajstić information content (AvgIpc) is 3.61. The minimum absolute atomic E-state index is 0.0159. The van der Waals surface area contributed by atoms with Crippen molar-refractivity contribution in [2.75, 3.05) is 37.4 Å². The molecule has 5 rings (SSSR count). The minimum atomic E-state index is -0.958. The van der Waals surface area contributed by atoms with E-state index in [0.29, 0.717) is 36.7 Å². The van der Waals surface area contributed by atoms with E-state index < -0.39 is 5.54 Å². The number of carbonyl (C=O) groups is 2. The fraction of sp³-hybridized carbons (Fsp3) is 0.355. The van der Waals surface area contributed by atoms with E-state index in [2.05, 4.69) is 27.8 Å². The molecular weight excluding hydrogens is 520 g/mol. The Balaban J connectivity index is 1.39. The zero-order valence-corrected chi connectivity index (χ0v) is 23.9. The van der Waals surface area contributed by atoms with Gasteiger partial charge in [0.1, 0.15) is 5.54 Å². The molecule has 0 radical (unpaired) electrons. The summed E-state index contributed by atoms with van der Waals surface area (Å²) in [5.41, 5.74) is 2.81. The molecule has 8 nitrogen and oxygen atoms in total. The van der Waals surface area contributed by atoms with Crippen LogP contribution >= 0.6 is 12.2 Å². The molecule has 1 aliphatic carbocycles. The second-order valence-electron chi connectivity index (χ2n) is 10.8. The predicted molar refractivity (Wildman–Crippen MR) is 162 cm³/mol. The summed E-state index contributed by atoms with van der Waals surface area (Å²) in [6, 6.07) is 21.7. The van der Waals surface area contributed by atoms with Gasteiger partial charge >= 0.3 is 0 Å². The van der Waals surface area contributed by atoms with Gasteiger partial charge in [-0.1, -0.05) is 49.2 Å². The first kappa shape index (κ1) is 27.6. The van der Waals surface area contributed by atoms with Gasteiger partial charge in [0, 0.05) is 51.0 Å². The fourth-order valence-corrected chi connectivity index (χ4v) is 5.95. The number of pyridine rings is 1. The van der Waals surface area contributed by atoms with Gasteiger partial charge in [0.25, 0.3) is 0 Å². The Kier molecular flexibility index (Phi) is 8.30. The Morgan fingerprint density at radius 3 is 2.42 bits per heavy atom. The normalized spacial score (nSPS) is 17.8. The first-order valence-corrected chi connectivity index (χ1v) is 14.2. The van der Waals surface area contributed by atoms with Crippen LogP contribution in [0, 0.1) is 0 Å². The molecule has 0 spiro atoms. The molecule has 2 aromatic carbocycles. The maximum atomic E-state index is 14.2. The van der Waals surface area contributed by atoms with Crippen LogP contribution in [0.15, 0.2) is 79.1 Å². The van der Waals surface area contributed by atoms with Gasteiger partial charge in [0.2, 0.25) is 11.8 Å². The molecule has 2 amide bonds. The lowest BCUT2D eigenvalue weighted by Gasteiger charge is -2.41. The number of nitrogens with one attached hydrogen (secondary N) is 2. The van der Waals surface area contributed by atoms with Gasteiger partial charge in [-0.2, -0.15) is 0 Å². The predicted octanol–water partition coefficient (Wildman–Crippen LogP) is 4.36. The highest BCUT2D eigenvalue weighted by Crippen LogP contribution is 2.38. The molecule has 1 aromatic heterocycles. The molecule has 208 valence electrons.